The number of carbonyl (C=O) groups is 2. The molecule has 0 atom stereocenters. The summed E-state index contributed by atoms with van der Waals surface area (Å²) in [6, 6.07) is 8.94. The molecule has 9 heteroatoms. The third-order valence-electron chi connectivity index (χ3n) is 3.96. The zero-order valence-corrected chi connectivity index (χ0v) is 18.6. The normalized spacial score (nSPS) is 15.5. The molecule has 1 fully saturated rings. The van der Waals surface area contributed by atoms with Gasteiger partial charge in [-0.1, -0.05) is 17.7 Å². The smallest absolute Gasteiger partial charge is 0.293 e. The van der Waals surface area contributed by atoms with Crippen molar-refractivity contribution in [2.24, 2.45) is 0 Å². The van der Waals surface area contributed by atoms with Crippen molar-refractivity contribution in [1.29, 1.82) is 0 Å². The number of halogens is 2. The van der Waals surface area contributed by atoms with Gasteiger partial charge in [0, 0.05) is 5.56 Å². The van der Waals surface area contributed by atoms with Gasteiger partial charge in [0.05, 0.1) is 15.9 Å². The highest BCUT2D eigenvalue weighted by Gasteiger charge is 2.35. The predicted molar refractivity (Wildman–Crippen MR) is 115 cm³/mol. The summed E-state index contributed by atoms with van der Waals surface area (Å²) in [6.07, 6.45) is 1.41. The fourth-order valence-corrected chi connectivity index (χ4v) is 4.46. The maximum atomic E-state index is 12.6. The number of rotatable bonds is 5. The van der Waals surface area contributed by atoms with Gasteiger partial charge >= 0.3 is 0 Å². The van der Waals surface area contributed by atoms with Gasteiger partial charge in [-0.15, -0.1) is 0 Å². The first-order valence-electron chi connectivity index (χ1n) is 8.12. The Morgan fingerprint density at radius 2 is 1.82 bits per heavy atom. The molecule has 0 unspecified atom stereocenters. The monoisotopic (exact) mass is 527 g/mol. The zero-order chi connectivity index (χ0) is 20.4. The Balaban J connectivity index is 1.71. The molecule has 1 heterocycles. The Labute approximate surface area is 182 Å². The van der Waals surface area contributed by atoms with Gasteiger partial charge < -0.3 is 14.9 Å². The molecule has 0 bridgehead atoms. The second-order valence-electron chi connectivity index (χ2n) is 5.95. The van der Waals surface area contributed by atoms with Crippen LogP contribution in [-0.4, -0.2) is 39.4 Å². The van der Waals surface area contributed by atoms with Crippen LogP contribution in [0.3, 0.4) is 0 Å². The van der Waals surface area contributed by atoms with Gasteiger partial charge in [-0.2, -0.15) is 0 Å². The molecule has 2 aromatic carbocycles. The lowest BCUT2D eigenvalue weighted by molar-refractivity contribution is -0.123. The van der Waals surface area contributed by atoms with Crippen LogP contribution in [-0.2, 0) is 4.79 Å². The van der Waals surface area contributed by atoms with E-state index in [4.69, 9.17) is 4.74 Å². The van der Waals surface area contributed by atoms with Crippen LogP contribution in [0.4, 0.5) is 4.79 Å². The van der Waals surface area contributed by atoms with Crippen molar-refractivity contribution in [3.8, 4) is 17.2 Å². The van der Waals surface area contributed by atoms with Crippen molar-refractivity contribution in [2.75, 3.05) is 13.2 Å². The fraction of sp³-hybridized carbons (Fsp3) is 0.158. The third kappa shape index (κ3) is 4.37. The lowest BCUT2D eigenvalue weighted by atomic mass is 10.1. The van der Waals surface area contributed by atoms with Crippen LogP contribution >= 0.6 is 43.6 Å². The van der Waals surface area contributed by atoms with E-state index in [1.54, 1.807) is 0 Å². The minimum atomic E-state index is -0.456. The largest absolute Gasteiger partial charge is 0.506 e. The first kappa shape index (κ1) is 20.8. The van der Waals surface area contributed by atoms with E-state index in [2.05, 4.69) is 31.9 Å². The summed E-state index contributed by atoms with van der Waals surface area (Å²) in [7, 11) is 0. The van der Waals surface area contributed by atoms with Gasteiger partial charge in [0.25, 0.3) is 11.1 Å². The average molecular weight is 529 g/mol. The van der Waals surface area contributed by atoms with Gasteiger partial charge in [0.15, 0.2) is 0 Å². The molecule has 0 aliphatic carbocycles. The molecule has 3 rings (SSSR count). The van der Waals surface area contributed by atoms with Gasteiger partial charge in [0.1, 0.15) is 28.3 Å². The van der Waals surface area contributed by atoms with Gasteiger partial charge in [-0.3, -0.25) is 14.5 Å². The number of hydrogen-bond acceptors (Lipinski definition) is 6. The topological polar surface area (TPSA) is 87.1 Å². The second-order valence-corrected chi connectivity index (χ2v) is 8.59. The van der Waals surface area contributed by atoms with Crippen LogP contribution in [0.2, 0.25) is 0 Å². The molecule has 0 radical (unpaired) electrons. The number of phenolic OH excluding ortho intramolecular Hbond substituents is 2. The molecule has 1 aliphatic rings. The quantitative estimate of drug-likeness (QED) is 0.528. The summed E-state index contributed by atoms with van der Waals surface area (Å²) in [6.45, 7) is 2.26. The van der Waals surface area contributed by atoms with Crippen molar-refractivity contribution >= 4 is 60.8 Å². The van der Waals surface area contributed by atoms with E-state index < -0.39 is 11.1 Å². The summed E-state index contributed by atoms with van der Waals surface area (Å²) < 4.78 is 6.02. The molecule has 1 aliphatic heterocycles. The summed E-state index contributed by atoms with van der Waals surface area (Å²) in [4.78, 5) is 26.0. The summed E-state index contributed by atoms with van der Waals surface area (Å²) >= 11 is 7.05. The van der Waals surface area contributed by atoms with Crippen LogP contribution in [0, 0.1) is 6.92 Å². The molecule has 2 amide bonds. The molecule has 1 saturated heterocycles. The Kier molecular flexibility index (Phi) is 6.36. The van der Waals surface area contributed by atoms with E-state index in [-0.39, 0.29) is 39.6 Å². The second kappa shape index (κ2) is 8.59. The van der Waals surface area contributed by atoms with Crippen molar-refractivity contribution in [3.63, 3.8) is 0 Å². The van der Waals surface area contributed by atoms with Crippen molar-refractivity contribution in [3.05, 3.63) is 55.3 Å². The summed E-state index contributed by atoms with van der Waals surface area (Å²) in [5.74, 6) is -0.176. The lowest BCUT2D eigenvalue weighted by Gasteiger charge is -2.13. The van der Waals surface area contributed by atoms with E-state index >= 15 is 0 Å². The SMILES string of the molecule is Cc1ccc(OCCN2C(=O)S/C(=C\c3cc(Br)c(O)c(Br)c3O)C2=O)cc1. The molecule has 2 N–H and O–H groups in total. The maximum Gasteiger partial charge on any atom is 0.293 e. The Hall–Kier alpha value is -1.97. The molecule has 0 spiro atoms. The number of carbonyl (C=O) groups excluding carboxylic acids is 2. The molecular formula is C19H15Br2NO5S. The minimum absolute atomic E-state index is 0.0962. The first-order valence-corrected chi connectivity index (χ1v) is 10.5. The highest BCUT2D eigenvalue weighted by atomic mass is 79.9. The first-order chi connectivity index (χ1) is 13.3. The molecule has 0 aromatic heterocycles. The number of ether oxygens (including phenoxy) is 1. The van der Waals surface area contributed by atoms with E-state index in [0.717, 1.165) is 22.2 Å². The number of thioether (sulfide) groups is 1. The van der Waals surface area contributed by atoms with Crippen LogP contribution in [0.25, 0.3) is 6.08 Å². The van der Waals surface area contributed by atoms with E-state index in [1.807, 2.05) is 31.2 Å². The zero-order valence-electron chi connectivity index (χ0n) is 14.6. The molecule has 28 heavy (non-hydrogen) atoms. The number of aromatic hydroxyl groups is 2. The van der Waals surface area contributed by atoms with E-state index in [1.165, 1.54) is 12.1 Å². The van der Waals surface area contributed by atoms with Crippen LogP contribution in [0.15, 0.2) is 44.2 Å². The highest BCUT2D eigenvalue weighted by Crippen LogP contribution is 2.43. The van der Waals surface area contributed by atoms with Crippen molar-refractivity contribution < 1.29 is 24.5 Å². The number of amides is 2. The van der Waals surface area contributed by atoms with Crippen LogP contribution in [0.5, 0.6) is 17.2 Å². The molecule has 146 valence electrons. The van der Waals surface area contributed by atoms with Crippen LogP contribution < -0.4 is 4.74 Å². The Morgan fingerprint density at radius 1 is 1.14 bits per heavy atom. The van der Waals surface area contributed by atoms with Crippen LogP contribution in [0.1, 0.15) is 11.1 Å². The van der Waals surface area contributed by atoms with Gasteiger partial charge in [0.2, 0.25) is 0 Å². The number of aryl methyl sites for hydroxylation is 1. The Morgan fingerprint density at radius 3 is 2.50 bits per heavy atom. The standard InChI is InChI=1S/C19H15Br2NO5S/c1-10-2-4-12(5-3-10)27-7-6-22-18(25)14(28-19(22)26)9-11-8-13(20)17(24)15(21)16(11)23/h2-5,8-9,23-24H,6-7H2,1H3/b14-9-. The van der Waals surface area contributed by atoms with Crippen molar-refractivity contribution in [1.82, 2.24) is 4.90 Å². The number of nitrogens with zero attached hydrogens (tertiary/aromatic N) is 1. The molecule has 6 nitrogen and oxygen atoms in total. The van der Waals surface area contributed by atoms with E-state index in [0.29, 0.717) is 10.2 Å². The number of benzene rings is 2. The molecule has 2 aromatic rings. The average Bonchev–Trinajstić information content (AvgIpc) is 2.93. The third-order valence-corrected chi connectivity index (χ3v) is 6.23. The van der Waals surface area contributed by atoms with Gasteiger partial charge in [-0.05, 0) is 74.8 Å². The maximum absolute atomic E-state index is 12.6. The summed E-state index contributed by atoms with van der Waals surface area (Å²) in [5, 5.41) is 19.5. The van der Waals surface area contributed by atoms with Gasteiger partial charge in [-0.25, -0.2) is 0 Å². The lowest BCUT2D eigenvalue weighted by Crippen LogP contribution is -2.32. The van der Waals surface area contributed by atoms with E-state index in [9.17, 15) is 19.8 Å². The number of imide groups is 1. The number of hydrogen-bond donors (Lipinski definition) is 2. The summed E-state index contributed by atoms with van der Waals surface area (Å²) in [5.41, 5.74) is 1.40. The predicted octanol–water partition coefficient (Wildman–Crippen LogP) is 5.05. The molecule has 0 saturated carbocycles. The Bertz CT molecular complexity index is 975. The van der Waals surface area contributed by atoms with Crippen molar-refractivity contribution in [2.45, 2.75) is 6.92 Å². The molecular weight excluding hydrogens is 514 g/mol. The highest BCUT2D eigenvalue weighted by molar-refractivity contribution is 9.11. The number of phenols is 2. The minimum Gasteiger partial charge on any atom is -0.506 e. The fourth-order valence-electron chi connectivity index (χ4n) is 2.45.